The summed E-state index contributed by atoms with van der Waals surface area (Å²) in [5.41, 5.74) is 2.02. The number of hydrogen-bond acceptors (Lipinski definition) is 17. The number of aliphatic hydroxyl groups excluding tert-OH is 1. The van der Waals surface area contributed by atoms with E-state index in [9.17, 15) is 24.3 Å². The van der Waals surface area contributed by atoms with Crippen molar-refractivity contribution in [3.05, 3.63) is 42.5 Å². The maximum atomic E-state index is 13.9. The van der Waals surface area contributed by atoms with Crippen molar-refractivity contribution in [2.24, 2.45) is 5.92 Å². The molecule has 0 saturated carbocycles. The second-order valence-corrected chi connectivity index (χ2v) is 15.3. The summed E-state index contributed by atoms with van der Waals surface area (Å²) in [6.07, 6.45) is 8.08. The largest absolute Gasteiger partial charge is 0.497 e. The molecule has 364 valence electrons. The monoisotopic (exact) mass is 926 g/mol. The van der Waals surface area contributed by atoms with Crippen molar-refractivity contribution in [1.29, 1.82) is 0 Å². The van der Waals surface area contributed by atoms with E-state index in [0.29, 0.717) is 88.2 Å². The van der Waals surface area contributed by atoms with Crippen molar-refractivity contribution in [3.8, 4) is 18.1 Å². The summed E-state index contributed by atoms with van der Waals surface area (Å²) in [6.45, 7) is 4.35. The standard InChI is InChI=1S/C44H66N10O12/c1-5-15-61-16-10-34(56)28-45-11-17-62-21-22-63-18-12-46-43(58)47-13-19-64-23-24-65-20-14-48-44(59)52-36(25-32-6-8-35(60-4)9-7-32)37(57)26-33-27-39(66-38(33)29-55)54-31-51-40-41(53(2)3)49-30-50-42(40)54/h1,6-9,30-31,33,36,38-39,45,55H,10-29H2,2-4H3,(H2,46,47,58)(H2,48,52,59)/t33-,36-,38+,39+/m0/s1. The first-order chi connectivity index (χ1) is 32.1. The average molecular weight is 927 g/mol. The molecule has 1 saturated heterocycles. The predicted octanol–water partition coefficient (Wildman–Crippen LogP) is 0.231. The minimum Gasteiger partial charge on any atom is -0.497 e. The lowest BCUT2D eigenvalue weighted by molar-refractivity contribution is -0.122. The Morgan fingerprint density at radius 3 is 2.11 bits per heavy atom. The highest BCUT2D eigenvalue weighted by molar-refractivity contribution is 5.89. The number of aliphatic hydroxyl groups is 1. The van der Waals surface area contributed by atoms with Crippen molar-refractivity contribution < 1.29 is 57.4 Å². The highest BCUT2D eigenvalue weighted by Gasteiger charge is 2.39. The maximum Gasteiger partial charge on any atom is 0.315 e. The minimum absolute atomic E-state index is 0.0408. The lowest BCUT2D eigenvalue weighted by Crippen LogP contribution is -2.48. The molecule has 4 amide bonds. The molecule has 66 heavy (non-hydrogen) atoms. The normalized spacial score (nSPS) is 16.1. The van der Waals surface area contributed by atoms with Crippen LogP contribution in [-0.2, 0) is 44.4 Å². The van der Waals surface area contributed by atoms with Crippen LogP contribution in [0.4, 0.5) is 15.4 Å². The van der Waals surface area contributed by atoms with E-state index in [-0.39, 0.29) is 89.1 Å². The van der Waals surface area contributed by atoms with E-state index < -0.39 is 24.4 Å². The van der Waals surface area contributed by atoms with E-state index in [1.54, 1.807) is 30.1 Å². The summed E-state index contributed by atoms with van der Waals surface area (Å²) in [4.78, 5) is 65.8. The van der Waals surface area contributed by atoms with Crippen molar-refractivity contribution >= 4 is 40.6 Å². The topological polar surface area (TPSA) is 260 Å². The van der Waals surface area contributed by atoms with Gasteiger partial charge in [0.15, 0.2) is 22.8 Å². The number of ketones is 2. The van der Waals surface area contributed by atoms with E-state index in [2.05, 4.69) is 47.5 Å². The first kappa shape index (κ1) is 53.1. The van der Waals surface area contributed by atoms with Gasteiger partial charge in [0.25, 0.3) is 0 Å². The summed E-state index contributed by atoms with van der Waals surface area (Å²) < 4.78 is 40.4. The number of urea groups is 2. The van der Waals surface area contributed by atoms with Crippen LogP contribution in [0.2, 0.25) is 0 Å². The van der Waals surface area contributed by atoms with Gasteiger partial charge in [-0.15, -0.1) is 6.42 Å². The molecule has 4 atom stereocenters. The number of carbonyl (C=O) groups excluding carboxylic acids is 4. The molecular weight excluding hydrogens is 861 g/mol. The number of amides is 4. The molecule has 6 N–H and O–H groups in total. The summed E-state index contributed by atoms with van der Waals surface area (Å²) >= 11 is 0. The number of carbonyl (C=O) groups is 4. The van der Waals surface area contributed by atoms with Gasteiger partial charge in [0, 0.05) is 53.1 Å². The molecule has 1 aromatic carbocycles. The molecule has 2 aromatic heterocycles. The van der Waals surface area contributed by atoms with Gasteiger partial charge in [0.05, 0.1) is 98.2 Å². The van der Waals surface area contributed by atoms with E-state index >= 15 is 0 Å². The number of aromatic nitrogens is 4. The molecule has 22 nitrogen and oxygen atoms in total. The summed E-state index contributed by atoms with van der Waals surface area (Å²) in [7, 11) is 5.31. The number of terminal acetylenes is 1. The Labute approximate surface area is 385 Å². The number of rotatable bonds is 34. The Bertz CT molecular complexity index is 1950. The number of fused-ring (bicyclic) bond motifs is 1. The molecule has 0 spiro atoms. The second kappa shape index (κ2) is 30.6. The molecule has 3 aromatic rings. The van der Waals surface area contributed by atoms with Gasteiger partial charge in [-0.1, -0.05) is 18.1 Å². The Morgan fingerprint density at radius 2 is 1.50 bits per heavy atom. The number of hydrogen-bond donors (Lipinski definition) is 6. The van der Waals surface area contributed by atoms with Crippen molar-refractivity contribution in [3.63, 3.8) is 0 Å². The quantitative estimate of drug-likeness (QED) is 0.0346. The molecule has 0 radical (unpaired) electrons. The number of Topliss-reactive ketones (excluding diaryl/α,β-unsaturated/α-hetero) is 2. The van der Waals surface area contributed by atoms with Gasteiger partial charge in [0.2, 0.25) is 0 Å². The molecule has 0 aliphatic carbocycles. The van der Waals surface area contributed by atoms with Gasteiger partial charge in [0.1, 0.15) is 30.7 Å². The zero-order valence-electron chi connectivity index (χ0n) is 38.2. The summed E-state index contributed by atoms with van der Waals surface area (Å²) in [5.74, 6) is 3.17. The number of benzene rings is 1. The fourth-order valence-corrected chi connectivity index (χ4v) is 6.79. The van der Waals surface area contributed by atoms with Crippen LogP contribution in [0.15, 0.2) is 36.9 Å². The van der Waals surface area contributed by atoms with E-state index in [4.69, 9.17) is 39.6 Å². The predicted molar refractivity (Wildman–Crippen MR) is 242 cm³/mol. The Balaban J connectivity index is 1.06. The molecule has 0 bridgehead atoms. The van der Waals surface area contributed by atoms with Gasteiger partial charge in [-0.3, -0.25) is 14.2 Å². The Hall–Kier alpha value is -5.51. The molecule has 22 heteroatoms. The van der Waals surface area contributed by atoms with Crippen LogP contribution >= 0.6 is 0 Å². The van der Waals surface area contributed by atoms with Crippen molar-refractivity contribution in [2.45, 2.75) is 44.1 Å². The Kier molecular flexibility index (Phi) is 24.7. The van der Waals surface area contributed by atoms with Crippen molar-refractivity contribution in [2.75, 3.05) is 132 Å². The first-order valence-corrected chi connectivity index (χ1v) is 22.0. The highest BCUT2D eigenvalue weighted by atomic mass is 16.5. The molecule has 1 aliphatic heterocycles. The number of ether oxygens (including phenoxy) is 7. The van der Waals surface area contributed by atoms with Crippen molar-refractivity contribution in [1.82, 2.24) is 46.1 Å². The number of methoxy groups -OCH3 is 1. The van der Waals surface area contributed by atoms with Crippen LogP contribution in [0.25, 0.3) is 11.2 Å². The van der Waals surface area contributed by atoms with Crippen LogP contribution in [-0.4, -0.2) is 187 Å². The second-order valence-electron chi connectivity index (χ2n) is 15.3. The Morgan fingerprint density at radius 1 is 0.864 bits per heavy atom. The summed E-state index contributed by atoms with van der Waals surface area (Å²) in [5, 5.41) is 24.2. The van der Waals surface area contributed by atoms with E-state index in [0.717, 1.165) is 5.56 Å². The molecule has 1 fully saturated rings. The third-order valence-corrected chi connectivity index (χ3v) is 10.2. The number of anilines is 1. The third-order valence-electron chi connectivity index (χ3n) is 10.2. The van der Waals surface area contributed by atoms with Gasteiger partial charge in [-0.05, 0) is 36.5 Å². The molecule has 4 rings (SSSR count). The van der Waals surface area contributed by atoms with Crippen LogP contribution in [0.1, 0.15) is 31.1 Å². The molecule has 3 heterocycles. The zero-order valence-corrected chi connectivity index (χ0v) is 38.2. The lowest BCUT2D eigenvalue weighted by atomic mass is 9.90. The van der Waals surface area contributed by atoms with Gasteiger partial charge in [-0.2, -0.15) is 0 Å². The van der Waals surface area contributed by atoms with Gasteiger partial charge in [-0.25, -0.2) is 24.5 Å². The van der Waals surface area contributed by atoms with E-state index in [1.807, 2.05) is 31.1 Å². The maximum absolute atomic E-state index is 13.9. The highest BCUT2D eigenvalue weighted by Crippen LogP contribution is 2.37. The smallest absolute Gasteiger partial charge is 0.315 e. The third kappa shape index (κ3) is 19.1. The van der Waals surface area contributed by atoms with Gasteiger partial charge < -0.3 is 69.7 Å². The van der Waals surface area contributed by atoms with Crippen LogP contribution in [0.5, 0.6) is 5.75 Å². The molecule has 0 unspecified atom stereocenters. The number of nitrogens with one attached hydrogen (secondary N) is 5. The SMILES string of the molecule is C#CCOCCC(=O)CNCCOCCOCCNC(=O)NCCOCCOCCNC(=O)N[C@@H](Cc1ccc(OC)cc1)C(=O)C[C@H]1C[C@H](n2cnc3c(N(C)C)ncnc32)O[C@@H]1CO. The van der Waals surface area contributed by atoms with Crippen LogP contribution < -0.4 is 36.2 Å². The fourth-order valence-electron chi connectivity index (χ4n) is 6.79. The van der Waals surface area contributed by atoms with Crippen LogP contribution in [0, 0.1) is 18.3 Å². The summed E-state index contributed by atoms with van der Waals surface area (Å²) in [6, 6.07) is 5.53. The first-order valence-electron chi connectivity index (χ1n) is 22.0. The van der Waals surface area contributed by atoms with Gasteiger partial charge >= 0.3 is 12.1 Å². The van der Waals surface area contributed by atoms with E-state index in [1.165, 1.54) is 6.33 Å². The fraction of sp³-hybridized carbons (Fsp3) is 0.614. The average Bonchev–Trinajstić information content (AvgIpc) is 3.94. The lowest BCUT2D eigenvalue weighted by Gasteiger charge is -2.21. The minimum atomic E-state index is -0.868. The van der Waals surface area contributed by atoms with Crippen LogP contribution in [0.3, 0.4) is 0 Å². The molecule has 1 aliphatic rings. The molecular formula is C44H66N10O12. The zero-order chi connectivity index (χ0) is 47.4. The number of nitrogens with zero attached hydrogens (tertiary/aromatic N) is 5. The number of imidazole rings is 1.